The Kier molecular flexibility index (Phi) is 9.05. The molecule has 3 aromatic rings. The van der Waals surface area contributed by atoms with Gasteiger partial charge in [-0.05, 0) is 42.8 Å². The van der Waals surface area contributed by atoms with Gasteiger partial charge in [0.05, 0.1) is 21.2 Å². The number of nitrogens with zero attached hydrogens (tertiary/aromatic N) is 2. The van der Waals surface area contributed by atoms with E-state index >= 15 is 0 Å². The number of anilines is 1. The van der Waals surface area contributed by atoms with E-state index in [2.05, 4.69) is 5.32 Å². The monoisotopic (exact) mass is 567 g/mol. The van der Waals surface area contributed by atoms with Crippen LogP contribution in [0.3, 0.4) is 0 Å². The Morgan fingerprint density at radius 2 is 1.55 bits per heavy atom. The summed E-state index contributed by atoms with van der Waals surface area (Å²) in [5.74, 6) is -1.30. The van der Waals surface area contributed by atoms with Crippen LogP contribution in [0.2, 0.25) is 5.02 Å². The topological polar surface area (TPSA) is 86.8 Å². The molecule has 38 heavy (non-hydrogen) atoms. The van der Waals surface area contributed by atoms with Crippen LogP contribution in [0.15, 0.2) is 83.8 Å². The summed E-state index contributed by atoms with van der Waals surface area (Å²) in [7, 11) is -3.12. The van der Waals surface area contributed by atoms with E-state index in [-0.39, 0.29) is 11.4 Å². The van der Waals surface area contributed by atoms with Gasteiger partial charge in [-0.3, -0.25) is 13.9 Å². The highest BCUT2D eigenvalue weighted by atomic mass is 35.5. The van der Waals surface area contributed by atoms with Gasteiger partial charge in [0, 0.05) is 13.6 Å². The average molecular weight is 568 g/mol. The van der Waals surface area contributed by atoms with Crippen molar-refractivity contribution in [2.45, 2.75) is 30.6 Å². The van der Waals surface area contributed by atoms with Crippen molar-refractivity contribution in [3.05, 3.63) is 95.0 Å². The Balaban J connectivity index is 2.11. The van der Waals surface area contributed by atoms with E-state index in [0.29, 0.717) is 15.9 Å². The minimum atomic E-state index is -4.87. The SMILES string of the molecule is CNC(=O)[C@@H](C)N(Cc1ccccc1)C(=O)CN(c1ccc(Cl)c(C(F)(F)F)c1)S(=O)(=O)c1ccccc1. The maximum Gasteiger partial charge on any atom is 0.417 e. The van der Waals surface area contributed by atoms with Crippen LogP contribution >= 0.6 is 11.6 Å². The summed E-state index contributed by atoms with van der Waals surface area (Å²) in [6.07, 6.45) is -4.87. The van der Waals surface area contributed by atoms with Crippen molar-refractivity contribution >= 4 is 39.1 Å². The molecule has 0 heterocycles. The number of hydrogen-bond donors (Lipinski definition) is 1. The molecule has 0 aliphatic carbocycles. The molecule has 0 bridgehead atoms. The quantitative estimate of drug-likeness (QED) is 0.405. The first kappa shape index (κ1) is 29.0. The summed E-state index contributed by atoms with van der Waals surface area (Å²) < 4.78 is 68.6. The maximum atomic E-state index is 13.6. The van der Waals surface area contributed by atoms with Gasteiger partial charge in [-0.1, -0.05) is 60.1 Å². The first-order valence-corrected chi connectivity index (χ1v) is 13.2. The Hall–Kier alpha value is -3.57. The highest BCUT2D eigenvalue weighted by Gasteiger charge is 2.36. The molecule has 3 rings (SSSR count). The predicted molar refractivity (Wildman–Crippen MR) is 138 cm³/mol. The van der Waals surface area contributed by atoms with Crippen LogP contribution < -0.4 is 9.62 Å². The number of carbonyl (C=O) groups excluding carboxylic acids is 2. The van der Waals surface area contributed by atoms with Crippen LogP contribution in [-0.4, -0.2) is 44.8 Å². The minimum Gasteiger partial charge on any atom is -0.357 e. The molecule has 1 N–H and O–H groups in total. The zero-order chi connectivity index (χ0) is 28.1. The third-order valence-corrected chi connectivity index (χ3v) is 7.88. The van der Waals surface area contributed by atoms with Gasteiger partial charge in [0.15, 0.2) is 0 Å². The van der Waals surface area contributed by atoms with Gasteiger partial charge in [-0.25, -0.2) is 8.42 Å². The van der Waals surface area contributed by atoms with E-state index in [1.54, 1.807) is 36.4 Å². The zero-order valence-corrected chi connectivity index (χ0v) is 22.0. The number of sulfonamides is 1. The van der Waals surface area contributed by atoms with Gasteiger partial charge >= 0.3 is 6.18 Å². The van der Waals surface area contributed by atoms with Crippen LogP contribution in [0.5, 0.6) is 0 Å². The number of nitrogens with one attached hydrogen (secondary N) is 1. The molecule has 2 amide bonds. The Morgan fingerprint density at radius 3 is 2.11 bits per heavy atom. The minimum absolute atomic E-state index is 0.0398. The Bertz CT molecular complexity index is 1390. The standard InChI is InChI=1S/C26H25ClF3N3O4S/c1-18(25(35)31-2)32(16-19-9-5-3-6-10-19)24(34)17-33(38(36,37)21-11-7-4-8-12-21)20-13-14-23(27)22(15-20)26(28,29)30/h3-15,18H,16-17H2,1-2H3,(H,31,35)/t18-/m1/s1. The lowest BCUT2D eigenvalue weighted by atomic mass is 10.1. The number of rotatable bonds is 9. The fraction of sp³-hybridized carbons (Fsp3) is 0.231. The summed E-state index contributed by atoms with van der Waals surface area (Å²) in [4.78, 5) is 27.0. The maximum absolute atomic E-state index is 13.6. The number of likely N-dealkylation sites (N-methyl/N-ethyl adjacent to an activating group) is 1. The first-order chi connectivity index (χ1) is 17.9. The molecular formula is C26H25ClF3N3O4S. The van der Waals surface area contributed by atoms with Gasteiger partial charge in [0.1, 0.15) is 12.6 Å². The lowest BCUT2D eigenvalue weighted by Gasteiger charge is -2.32. The molecule has 0 aliphatic heterocycles. The predicted octanol–water partition coefficient (Wildman–Crippen LogP) is 4.72. The van der Waals surface area contributed by atoms with Crippen LogP contribution in [0.25, 0.3) is 0 Å². The summed E-state index contributed by atoms with van der Waals surface area (Å²) >= 11 is 5.75. The van der Waals surface area contributed by atoms with Gasteiger partial charge in [-0.2, -0.15) is 13.2 Å². The van der Waals surface area contributed by atoms with Crippen molar-refractivity contribution in [2.75, 3.05) is 17.9 Å². The summed E-state index contributed by atoms with van der Waals surface area (Å²) in [5, 5.41) is 1.83. The largest absolute Gasteiger partial charge is 0.417 e. The number of alkyl halides is 3. The van der Waals surface area contributed by atoms with Crippen molar-refractivity contribution in [3.63, 3.8) is 0 Å². The number of carbonyl (C=O) groups is 2. The average Bonchev–Trinajstić information content (AvgIpc) is 2.90. The zero-order valence-electron chi connectivity index (χ0n) is 20.4. The molecule has 1 atom stereocenters. The van der Waals surface area contributed by atoms with E-state index in [9.17, 15) is 31.2 Å². The molecule has 0 aromatic heterocycles. The first-order valence-electron chi connectivity index (χ1n) is 11.4. The molecular weight excluding hydrogens is 543 g/mol. The van der Waals surface area contributed by atoms with Crippen LogP contribution in [0.1, 0.15) is 18.1 Å². The van der Waals surface area contributed by atoms with Crippen LogP contribution in [0, 0.1) is 0 Å². The number of halogens is 4. The van der Waals surface area contributed by atoms with Crippen molar-refractivity contribution in [3.8, 4) is 0 Å². The van der Waals surface area contributed by atoms with Crippen molar-refractivity contribution in [2.24, 2.45) is 0 Å². The molecule has 0 saturated heterocycles. The molecule has 7 nitrogen and oxygen atoms in total. The van der Waals surface area contributed by atoms with E-state index in [4.69, 9.17) is 11.6 Å². The Labute approximate surface area is 223 Å². The molecule has 0 spiro atoms. The lowest BCUT2D eigenvalue weighted by molar-refractivity contribution is -0.139. The molecule has 0 saturated carbocycles. The molecule has 3 aromatic carbocycles. The molecule has 0 unspecified atom stereocenters. The molecule has 0 aliphatic rings. The fourth-order valence-electron chi connectivity index (χ4n) is 3.71. The fourth-order valence-corrected chi connectivity index (χ4v) is 5.36. The number of hydrogen-bond acceptors (Lipinski definition) is 4. The summed E-state index contributed by atoms with van der Waals surface area (Å²) in [5.41, 5.74) is -0.997. The third kappa shape index (κ3) is 6.65. The van der Waals surface area contributed by atoms with Gasteiger partial charge < -0.3 is 10.2 Å². The molecule has 0 fully saturated rings. The van der Waals surface area contributed by atoms with Crippen molar-refractivity contribution < 1.29 is 31.2 Å². The van der Waals surface area contributed by atoms with Gasteiger partial charge in [0.2, 0.25) is 11.8 Å². The normalized spacial score (nSPS) is 12.5. The highest BCUT2D eigenvalue weighted by Crippen LogP contribution is 2.38. The number of benzene rings is 3. The molecule has 12 heteroatoms. The van der Waals surface area contributed by atoms with Crippen LogP contribution in [0.4, 0.5) is 18.9 Å². The third-order valence-electron chi connectivity index (χ3n) is 5.76. The second-order valence-corrected chi connectivity index (χ2v) is 10.6. The van der Waals surface area contributed by atoms with Gasteiger partial charge in [-0.15, -0.1) is 0 Å². The van der Waals surface area contributed by atoms with Gasteiger partial charge in [0.25, 0.3) is 10.0 Å². The highest BCUT2D eigenvalue weighted by molar-refractivity contribution is 7.92. The Morgan fingerprint density at radius 1 is 0.974 bits per heavy atom. The smallest absolute Gasteiger partial charge is 0.357 e. The van der Waals surface area contributed by atoms with E-state index in [1.165, 1.54) is 43.1 Å². The second kappa shape index (κ2) is 11.9. The molecule has 202 valence electrons. The second-order valence-electron chi connectivity index (χ2n) is 8.28. The van der Waals surface area contributed by atoms with Crippen molar-refractivity contribution in [1.82, 2.24) is 10.2 Å². The molecule has 0 radical (unpaired) electrons. The summed E-state index contributed by atoms with van der Waals surface area (Å²) in [6.45, 7) is 0.561. The van der Waals surface area contributed by atoms with Crippen molar-refractivity contribution in [1.29, 1.82) is 0 Å². The van der Waals surface area contributed by atoms with Crippen LogP contribution in [-0.2, 0) is 32.3 Å². The number of amides is 2. The lowest BCUT2D eigenvalue weighted by Crippen LogP contribution is -2.50. The summed E-state index contributed by atoms with van der Waals surface area (Å²) in [6, 6.07) is 17.3. The van der Waals surface area contributed by atoms with E-state index < -0.39 is 56.9 Å². The van der Waals surface area contributed by atoms with E-state index in [1.807, 2.05) is 0 Å². The van der Waals surface area contributed by atoms with E-state index in [0.717, 1.165) is 12.1 Å².